The predicted octanol–water partition coefficient (Wildman–Crippen LogP) is 5.40. The van der Waals surface area contributed by atoms with Gasteiger partial charge in [-0.15, -0.1) is 0 Å². The lowest BCUT2D eigenvalue weighted by atomic mass is 9.86. The number of nitrogens with zero attached hydrogens (tertiary/aromatic N) is 2. The molecule has 0 radical (unpaired) electrons. The molecule has 4 aromatic rings. The van der Waals surface area contributed by atoms with Gasteiger partial charge < -0.3 is 24.8 Å². The lowest BCUT2D eigenvalue weighted by molar-refractivity contribution is -0.121. The number of para-hydroxylation sites is 3. The molecule has 0 aliphatic carbocycles. The number of amides is 2. The highest BCUT2D eigenvalue weighted by Crippen LogP contribution is 2.33. The van der Waals surface area contributed by atoms with Crippen LogP contribution in [-0.2, 0) is 11.2 Å². The highest BCUT2D eigenvalue weighted by atomic mass is 35.5. The maximum absolute atomic E-state index is 13.3. The Morgan fingerprint density at radius 2 is 1.82 bits per heavy atom. The van der Waals surface area contributed by atoms with Crippen LogP contribution >= 0.6 is 11.6 Å². The second-order valence-corrected chi connectivity index (χ2v) is 11.0. The third-order valence-corrected chi connectivity index (χ3v) is 8.33. The molecular formula is C32H33ClN4O3. The van der Waals surface area contributed by atoms with Gasteiger partial charge in [-0.05, 0) is 79.7 Å². The summed E-state index contributed by atoms with van der Waals surface area (Å²) in [4.78, 5) is 33.4. The Hall–Kier alpha value is -3.81. The van der Waals surface area contributed by atoms with Gasteiger partial charge in [0.15, 0.2) is 6.61 Å². The van der Waals surface area contributed by atoms with Crippen molar-refractivity contribution in [2.45, 2.75) is 25.2 Å². The maximum Gasteiger partial charge on any atom is 0.265 e. The molecule has 0 bridgehead atoms. The number of benzene rings is 3. The average Bonchev–Trinajstić information content (AvgIpc) is 3.40. The molecule has 2 aliphatic rings. The molecule has 40 heavy (non-hydrogen) atoms. The fourth-order valence-corrected chi connectivity index (χ4v) is 6.11. The first-order valence-corrected chi connectivity index (χ1v) is 14.3. The summed E-state index contributed by atoms with van der Waals surface area (Å²) in [5.41, 5.74) is 4.87. The molecule has 2 aliphatic heterocycles. The lowest BCUT2D eigenvalue weighted by Gasteiger charge is -2.35. The highest BCUT2D eigenvalue weighted by Gasteiger charge is 2.28. The minimum Gasteiger partial charge on any atom is -0.482 e. The van der Waals surface area contributed by atoms with Crippen LogP contribution in [0.4, 0.5) is 5.69 Å². The second-order valence-electron chi connectivity index (χ2n) is 10.5. The van der Waals surface area contributed by atoms with Gasteiger partial charge in [-0.25, -0.2) is 0 Å². The fourth-order valence-electron chi connectivity index (χ4n) is 5.93. The Kier molecular flexibility index (Phi) is 7.75. The minimum atomic E-state index is -0.0794. The van der Waals surface area contributed by atoms with Gasteiger partial charge in [-0.3, -0.25) is 9.59 Å². The number of aromatic amines is 1. The Morgan fingerprint density at radius 1 is 1.02 bits per heavy atom. The number of aromatic nitrogens is 1. The zero-order valence-corrected chi connectivity index (χ0v) is 23.1. The molecule has 2 amide bonds. The number of likely N-dealkylation sites (tertiary alicyclic amines) is 1. The number of carbonyl (C=O) groups excluding carboxylic acids is 2. The van der Waals surface area contributed by atoms with Gasteiger partial charge in [-0.2, -0.15) is 0 Å². The number of rotatable bonds is 8. The summed E-state index contributed by atoms with van der Waals surface area (Å²) in [5.74, 6) is 0.962. The van der Waals surface area contributed by atoms with Crippen LogP contribution in [0.2, 0.25) is 5.02 Å². The molecule has 1 fully saturated rings. The van der Waals surface area contributed by atoms with E-state index in [0.717, 1.165) is 61.4 Å². The molecule has 0 saturated carbocycles. The van der Waals surface area contributed by atoms with E-state index in [-0.39, 0.29) is 24.3 Å². The zero-order valence-electron chi connectivity index (χ0n) is 22.4. The number of halogens is 1. The van der Waals surface area contributed by atoms with Crippen molar-refractivity contribution in [1.29, 1.82) is 0 Å². The Balaban J connectivity index is 1.05. The fraction of sp³-hybridized carbons (Fsp3) is 0.312. The van der Waals surface area contributed by atoms with Crippen LogP contribution in [0.1, 0.15) is 40.2 Å². The standard InChI is InChI=1S/C32H33ClN4O3/c33-24-9-10-25(27(19-24)32(39)34-14-11-23-20-35-28-6-2-1-5-26(23)28)22-12-15-36(16-13-22)17-18-37-29-7-3-4-8-30(29)40-21-31(37)38/h1-10,19-20,22,35H,11-18,21H2,(H,34,39). The van der Waals surface area contributed by atoms with E-state index in [2.05, 4.69) is 27.3 Å². The van der Waals surface area contributed by atoms with Gasteiger partial charge >= 0.3 is 0 Å². The first kappa shape index (κ1) is 26.4. The molecule has 1 aromatic heterocycles. The summed E-state index contributed by atoms with van der Waals surface area (Å²) >= 11 is 6.33. The molecule has 0 unspecified atom stereocenters. The summed E-state index contributed by atoms with van der Waals surface area (Å²) in [5, 5.41) is 4.87. The van der Waals surface area contributed by atoms with Crippen molar-refractivity contribution in [3.63, 3.8) is 0 Å². The normalized spacial score (nSPS) is 16.1. The average molecular weight is 557 g/mol. The third-order valence-electron chi connectivity index (χ3n) is 8.09. The van der Waals surface area contributed by atoms with E-state index in [1.54, 1.807) is 6.07 Å². The quantitative estimate of drug-likeness (QED) is 0.305. The minimum absolute atomic E-state index is 0.00454. The monoisotopic (exact) mass is 556 g/mol. The van der Waals surface area contributed by atoms with Crippen LogP contribution in [-0.4, -0.2) is 61.0 Å². The van der Waals surface area contributed by atoms with Crippen molar-refractivity contribution in [2.24, 2.45) is 0 Å². The molecular weight excluding hydrogens is 524 g/mol. The van der Waals surface area contributed by atoms with Crippen molar-refractivity contribution in [2.75, 3.05) is 44.2 Å². The SMILES string of the molecule is O=C(NCCc1c[nH]c2ccccc12)c1cc(Cl)ccc1C1CCN(CCN2C(=O)COc3ccccc32)CC1. The number of anilines is 1. The van der Waals surface area contributed by atoms with Gasteiger partial charge in [0.2, 0.25) is 0 Å². The van der Waals surface area contributed by atoms with Gasteiger partial charge in [0.25, 0.3) is 11.8 Å². The molecule has 7 nitrogen and oxygen atoms in total. The summed E-state index contributed by atoms with van der Waals surface area (Å²) in [6.45, 7) is 3.89. The number of hydrogen-bond donors (Lipinski definition) is 2. The molecule has 3 aromatic carbocycles. The number of fused-ring (bicyclic) bond motifs is 2. The summed E-state index contributed by atoms with van der Waals surface area (Å²) in [7, 11) is 0. The van der Waals surface area contributed by atoms with E-state index in [1.807, 2.05) is 59.6 Å². The molecule has 0 spiro atoms. The van der Waals surface area contributed by atoms with Crippen LogP contribution in [0, 0.1) is 0 Å². The summed E-state index contributed by atoms with van der Waals surface area (Å²) in [6, 6.07) is 21.6. The topological polar surface area (TPSA) is 77.7 Å². The van der Waals surface area contributed by atoms with E-state index in [1.165, 1.54) is 10.9 Å². The van der Waals surface area contributed by atoms with Gasteiger partial charge in [0.05, 0.1) is 5.69 Å². The highest BCUT2D eigenvalue weighted by molar-refractivity contribution is 6.31. The molecule has 1 saturated heterocycles. The van der Waals surface area contributed by atoms with Crippen LogP contribution in [0.25, 0.3) is 10.9 Å². The Labute approximate surface area is 239 Å². The maximum atomic E-state index is 13.3. The van der Waals surface area contributed by atoms with E-state index in [4.69, 9.17) is 16.3 Å². The van der Waals surface area contributed by atoms with Crippen molar-refractivity contribution in [3.05, 3.63) is 94.6 Å². The molecule has 6 rings (SSSR count). The summed E-state index contributed by atoms with van der Waals surface area (Å²) in [6.07, 6.45) is 4.67. The Morgan fingerprint density at radius 3 is 2.70 bits per heavy atom. The third kappa shape index (κ3) is 5.58. The van der Waals surface area contributed by atoms with Gasteiger partial charge in [0, 0.05) is 47.3 Å². The number of hydrogen-bond acceptors (Lipinski definition) is 4. The molecule has 0 atom stereocenters. The number of carbonyl (C=O) groups is 2. The molecule has 8 heteroatoms. The van der Waals surface area contributed by atoms with Crippen molar-refractivity contribution in [3.8, 4) is 5.75 Å². The van der Waals surface area contributed by atoms with Crippen molar-refractivity contribution < 1.29 is 14.3 Å². The molecule has 2 N–H and O–H groups in total. The van der Waals surface area contributed by atoms with E-state index < -0.39 is 0 Å². The number of ether oxygens (including phenoxy) is 1. The van der Waals surface area contributed by atoms with Crippen molar-refractivity contribution in [1.82, 2.24) is 15.2 Å². The predicted molar refractivity (Wildman–Crippen MR) is 158 cm³/mol. The number of piperidine rings is 1. The van der Waals surface area contributed by atoms with E-state index in [0.29, 0.717) is 23.7 Å². The van der Waals surface area contributed by atoms with Crippen LogP contribution < -0.4 is 15.0 Å². The second kappa shape index (κ2) is 11.7. The summed E-state index contributed by atoms with van der Waals surface area (Å²) < 4.78 is 5.57. The molecule has 3 heterocycles. The van der Waals surface area contributed by atoms with Crippen molar-refractivity contribution >= 4 is 40.0 Å². The number of nitrogens with one attached hydrogen (secondary N) is 2. The first-order valence-electron chi connectivity index (χ1n) is 13.9. The smallest absolute Gasteiger partial charge is 0.265 e. The first-order chi connectivity index (χ1) is 19.6. The van der Waals surface area contributed by atoms with E-state index in [9.17, 15) is 9.59 Å². The lowest BCUT2D eigenvalue weighted by Crippen LogP contribution is -2.45. The van der Waals surface area contributed by atoms with Gasteiger partial charge in [0.1, 0.15) is 5.75 Å². The zero-order chi connectivity index (χ0) is 27.5. The van der Waals surface area contributed by atoms with Crippen LogP contribution in [0.3, 0.4) is 0 Å². The number of H-pyrrole nitrogens is 1. The largest absolute Gasteiger partial charge is 0.482 e. The Bertz CT molecular complexity index is 1530. The van der Waals surface area contributed by atoms with Crippen LogP contribution in [0.15, 0.2) is 72.9 Å². The van der Waals surface area contributed by atoms with E-state index >= 15 is 0 Å². The van der Waals surface area contributed by atoms with Gasteiger partial charge in [-0.1, -0.05) is 48.0 Å². The molecule has 206 valence electrons. The van der Waals surface area contributed by atoms with Crippen LogP contribution in [0.5, 0.6) is 5.75 Å².